The molecule has 2 aromatic carbocycles. The van der Waals surface area contributed by atoms with E-state index in [1.165, 1.54) is 17.4 Å². The van der Waals surface area contributed by atoms with Crippen LogP contribution in [0.15, 0.2) is 58.9 Å². The molecule has 2 heterocycles. The van der Waals surface area contributed by atoms with Gasteiger partial charge >= 0.3 is 12.2 Å². The van der Waals surface area contributed by atoms with Crippen LogP contribution in [-0.4, -0.2) is 16.7 Å². The van der Waals surface area contributed by atoms with Crippen molar-refractivity contribution in [3.63, 3.8) is 0 Å². The Kier molecular flexibility index (Phi) is 5.33. The van der Waals surface area contributed by atoms with Gasteiger partial charge in [0.1, 0.15) is 5.01 Å². The van der Waals surface area contributed by atoms with Gasteiger partial charge in [-0.2, -0.15) is 18.4 Å². The second kappa shape index (κ2) is 7.96. The molecule has 1 aliphatic heterocycles. The zero-order valence-corrected chi connectivity index (χ0v) is 17.0. The Balaban J connectivity index is 1.73. The topological polar surface area (TPSA) is 78.1 Å². The fourth-order valence-electron chi connectivity index (χ4n) is 3.50. The lowest BCUT2D eigenvalue weighted by Crippen LogP contribution is -2.38. The number of hydrogen-bond donors (Lipinski definition) is 1. The maximum Gasteiger partial charge on any atom is 0.416 e. The molecule has 156 valence electrons. The Labute approximate surface area is 179 Å². The summed E-state index contributed by atoms with van der Waals surface area (Å²) in [6.07, 6.45) is -4.49. The number of benzene rings is 2. The van der Waals surface area contributed by atoms with Crippen LogP contribution in [0.5, 0.6) is 0 Å². The Hall–Kier alpha value is -3.51. The van der Waals surface area contributed by atoms with Crippen molar-refractivity contribution in [3.05, 3.63) is 75.6 Å². The summed E-state index contributed by atoms with van der Waals surface area (Å²) in [7, 11) is 0. The molecule has 0 spiro atoms. The molecular formula is C22H15F3N4OS. The normalized spacial score (nSPS) is 18.8. The van der Waals surface area contributed by atoms with E-state index < -0.39 is 29.7 Å². The van der Waals surface area contributed by atoms with Gasteiger partial charge < -0.3 is 5.32 Å². The van der Waals surface area contributed by atoms with Crippen molar-refractivity contribution in [2.75, 3.05) is 0 Å². The van der Waals surface area contributed by atoms with Crippen LogP contribution in [0.3, 0.4) is 0 Å². The molecule has 1 aliphatic rings. The van der Waals surface area contributed by atoms with Crippen LogP contribution in [-0.2, 0) is 6.18 Å². The van der Waals surface area contributed by atoms with Crippen molar-refractivity contribution < 1.29 is 18.0 Å². The van der Waals surface area contributed by atoms with Crippen molar-refractivity contribution in [1.82, 2.24) is 10.3 Å². The summed E-state index contributed by atoms with van der Waals surface area (Å²) >= 11 is 1.34. The van der Waals surface area contributed by atoms with Gasteiger partial charge in [0.15, 0.2) is 0 Å². The zero-order chi connectivity index (χ0) is 22.2. The minimum Gasteiger partial charge on any atom is -0.328 e. The highest BCUT2D eigenvalue weighted by molar-refractivity contribution is 7.10. The molecule has 2 unspecified atom stereocenters. The summed E-state index contributed by atoms with van der Waals surface area (Å²) in [6, 6.07) is 12.6. The molecule has 0 saturated heterocycles. The molecule has 9 heteroatoms. The van der Waals surface area contributed by atoms with Crippen LogP contribution in [0.2, 0.25) is 0 Å². The SMILES string of the molecule is CC1=NC(=O)NC(c2cccc(C(F)(F)F)c2)C1c1nc(-c2ccc(C#N)cc2)cs1. The van der Waals surface area contributed by atoms with Crippen molar-refractivity contribution in [2.24, 2.45) is 4.99 Å². The van der Waals surface area contributed by atoms with E-state index in [9.17, 15) is 18.0 Å². The van der Waals surface area contributed by atoms with Gasteiger partial charge in [0, 0.05) is 16.7 Å². The molecule has 0 saturated carbocycles. The van der Waals surface area contributed by atoms with Gasteiger partial charge in [-0.05, 0) is 36.8 Å². The van der Waals surface area contributed by atoms with E-state index in [0.717, 1.165) is 17.7 Å². The van der Waals surface area contributed by atoms with Gasteiger partial charge in [-0.15, -0.1) is 11.3 Å². The standard InChI is InChI=1S/C22H15F3N4OS/c1-12-18(20-28-17(11-31-20)14-7-5-13(10-26)6-8-14)19(29-21(30)27-12)15-3-2-4-16(9-15)22(23,24)25/h2-9,11,18-19H,1H3,(H,29,30). The number of carbonyl (C=O) groups excluding carboxylic acids is 1. The Morgan fingerprint density at radius 3 is 2.58 bits per heavy atom. The number of urea groups is 1. The maximum absolute atomic E-state index is 13.2. The molecule has 3 aromatic rings. The molecule has 1 N–H and O–H groups in total. The summed E-state index contributed by atoms with van der Waals surface area (Å²) in [5, 5.41) is 14.1. The first-order valence-electron chi connectivity index (χ1n) is 9.25. The summed E-state index contributed by atoms with van der Waals surface area (Å²) < 4.78 is 39.6. The largest absolute Gasteiger partial charge is 0.416 e. The van der Waals surface area contributed by atoms with Crippen molar-refractivity contribution >= 4 is 23.1 Å². The van der Waals surface area contributed by atoms with E-state index >= 15 is 0 Å². The number of aliphatic imine (C=N–C) groups is 1. The summed E-state index contributed by atoms with van der Waals surface area (Å²) in [5.74, 6) is -0.502. The predicted octanol–water partition coefficient (Wildman–Crippen LogP) is 5.71. The Bertz CT molecular complexity index is 1210. The average Bonchev–Trinajstić information content (AvgIpc) is 3.22. The molecule has 0 fully saturated rings. The molecule has 0 aliphatic carbocycles. The molecule has 2 amide bonds. The monoisotopic (exact) mass is 440 g/mol. The number of alkyl halides is 3. The fraction of sp³-hybridized carbons (Fsp3) is 0.182. The number of nitrogens with one attached hydrogen (secondary N) is 1. The number of halogens is 3. The van der Waals surface area contributed by atoms with Crippen molar-refractivity contribution in [1.29, 1.82) is 5.26 Å². The van der Waals surface area contributed by atoms with E-state index in [1.807, 2.05) is 5.38 Å². The quantitative estimate of drug-likeness (QED) is 0.567. The van der Waals surface area contributed by atoms with Gasteiger partial charge in [-0.1, -0.05) is 24.3 Å². The number of rotatable bonds is 3. The first-order chi connectivity index (χ1) is 14.8. The number of nitriles is 1. The van der Waals surface area contributed by atoms with Crippen LogP contribution >= 0.6 is 11.3 Å². The number of thiazole rings is 1. The second-order valence-corrected chi connectivity index (χ2v) is 7.93. The fourth-order valence-corrected chi connectivity index (χ4v) is 4.53. The number of nitrogens with zero attached hydrogens (tertiary/aromatic N) is 3. The number of amides is 2. The highest BCUT2D eigenvalue weighted by Gasteiger charge is 2.37. The first-order valence-corrected chi connectivity index (χ1v) is 10.1. The zero-order valence-electron chi connectivity index (χ0n) is 16.1. The minimum absolute atomic E-state index is 0.331. The summed E-state index contributed by atoms with van der Waals surface area (Å²) in [5.41, 5.74) is 2.05. The summed E-state index contributed by atoms with van der Waals surface area (Å²) in [6.45, 7) is 1.67. The highest BCUT2D eigenvalue weighted by Crippen LogP contribution is 2.39. The molecule has 2 atom stereocenters. The predicted molar refractivity (Wildman–Crippen MR) is 111 cm³/mol. The lowest BCUT2D eigenvalue weighted by atomic mass is 9.88. The number of aromatic nitrogens is 1. The van der Waals surface area contributed by atoms with E-state index in [0.29, 0.717) is 27.5 Å². The third-order valence-electron chi connectivity index (χ3n) is 5.01. The number of hydrogen-bond acceptors (Lipinski definition) is 4. The van der Waals surface area contributed by atoms with E-state index in [4.69, 9.17) is 5.26 Å². The molecule has 4 rings (SSSR count). The Morgan fingerprint density at radius 2 is 1.90 bits per heavy atom. The van der Waals surface area contributed by atoms with Crippen molar-refractivity contribution in [3.8, 4) is 17.3 Å². The summed E-state index contributed by atoms with van der Waals surface area (Å²) in [4.78, 5) is 20.7. The molecule has 31 heavy (non-hydrogen) atoms. The van der Waals surface area contributed by atoms with Gasteiger partial charge in [0.2, 0.25) is 0 Å². The van der Waals surface area contributed by atoms with Crippen LogP contribution in [0, 0.1) is 11.3 Å². The lowest BCUT2D eigenvalue weighted by Gasteiger charge is -2.30. The average molecular weight is 440 g/mol. The van der Waals surface area contributed by atoms with E-state index in [2.05, 4.69) is 21.4 Å². The van der Waals surface area contributed by atoms with E-state index in [1.54, 1.807) is 37.3 Å². The smallest absolute Gasteiger partial charge is 0.328 e. The van der Waals surface area contributed by atoms with Gasteiger partial charge in [0.05, 0.1) is 34.8 Å². The van der Waals surface area contributed by atoms with Crippen molar-refractivity contribution in [2.45, 2.75) is 25.1 Å². The van der Waals surface area contributed by atoms with Crippen LogP contribution < -0.4 is 5.32 Å². The third kappa shape index (κ3) is 4.20. The highest BCUT2D eigenvalue weighted by atomic mass is 32.1. The molecule has 5 nitrogen and oxygen atoms in total. The van der Waals surface area contributed by atoms with Crippen LogP contribution in [0.25, 0.3) is 11.3 Å². The molecule has 0 bridgehead atoms. The van der Waals surface area contributed by atoms with E-state index in [-0.39, 0.29) is 0 Å². The second-order valence-electron chi connectivity index (χ2n) is 7.04. The molecule has 1 aromatic heterocycles. The van der Waals surface area contributed by atoms with Gasteiger partial charge in [0.25, 0.3) is 0 Å². The van der Waals surface area contributed by atoms with Gasteiger partial charge in [-0.25, -0.2) is 14.8 Å². The van der Waals surface area contributed by atoms with Crippen LogP contribution in [0.1, 0.15) is 40.6 Å². The molecule has 0 radical (unpaired) electrons. The first kappa shape index (κ1) is 20.8. The number of carbonyl (C=O) groups is 1. The maximum atomic E-state index is 13.2. The molecular weight excluding hydrogens is 425 g/mol. The minimum atomic E-state index is -4.49. The van der Waals surface area contributed by atoms with Gasteiger partial charge in [-0.3, -0.25) is 0 Å². The lowest BCUT2D eigenvalue weighted by molar-refractivity contribution is -0.137. The third-order valence-corrected chi connectivity index (χ3v) is 5.94. The van der Waals surface area contributed by atoms with Crippen LogP contribution in [0.4, 0.5) is 18.0 Å². The Morgan fingerprint density at radius 1 is 1.16 bits per heavy atom.